The molecule has 3 fully saturated rings. The maximum atomic E-state index is 12.9. The lowest BCUT2D eigenvalue weighted by molar-refractivity contribution is -0.161. The lowest BCUT2D eigenvalue weighted by Gasteiger charge is -2.54. The molecule has 0 aromatic rings. The number of piperazine rings is 1. The lowest BCUT2D eigenvalue weighted by atomic mass is 9.74. The third kappa shape index (κ3) is 2.13. The molecule has 1 aliphatic heterocycles. The van der Waals surface area contributed by atoms with Crippen molar-refractivity contribution in [2.24, 2.45) is 5.92 Å². The van der Waals surface area contributed by atoms with Gasteiger partial charge in [-0.3, -0.25) is 9.59 Å². The van der Waals surface area contributed by atoms with Crippen molar-refractivity contribution < 1.29 is 9.59 Å². The van der Waals surface area contributed by atoms with Crippen LogP contribution in [-0.4, -0.2) is 34.3 Å². The number of nitrogens with zero attached hydrogens (tertiary/aromatic N) is 1. The molecule has 0 aromatic carbocycles. The van der Waals surface area contributed by atoms with Crippen LogP contribution in [0, 0.1) is 5.92 Å². The summed E-state index contributed by atoms with van der Waals surface area (Å²) in [5.41, 5.74) is -0.0822. The minimum Gasteiger partial charge on any atom is -0.342 e. The van der Waals surface area contributed by atoms with E-state index in [1.54, 1.807) is 0 Å². The lowest BCUT2D eigenvalue weighted by Crippen LogP contribution is -2.71. The van der Waals surface area contributed by atoms with Crippen LogP contribution >= 0.6 is 0 Å². The van der Waals surface area contributed by atoms with Crippen molar-refractivity contribution in [3.8, 4) is 0 Å². The maximum Gasteiger partial charge on any atom is 0.246 e. The van der Waals surface area contributed by atoms with E-state index in [9.17, 15) is 9.59 Å². The summed E-state index contributed by atoms with van der Waals surface area (Å²) < 4.78 is 0. The first-order chi connectivity index (χ1) is 9.53. The van der Waals surface area contributed by atoms with E-state index in [1.165, 1.54) is 25.7 Å². The first-order valence-electron chi connectivity index (χ1n) is 8.16. The average Bonchev–Trinajstić information content (AvgIpc) is 2.42. The molecule has 112 valence electrons. The average molecular weight is 278 g/mol. The molecule has 0 spiro atoms. The van der Waals surface area contributed by atoms with Crippen LogP contribution in [0.1, 0.15) is 65.2 Å². The molecule has 2 atom stereocenters. The van der Waals surface area contributed by atoms with Crippen LogP contribution in [0.15, 0.2) is 0 Å². The van der Waals surface area contributed by atoms with Gasteiger partial charge in [0.2, 0.25) is 11.8 Å². The molecule has 2 unspecified atom stereocenters. The van der Waals surface area contributed by atoms with E-state index < -0.39 is 0 Å². The zero-order valence-electron chi connectivity index (χ0n) is 12.7. The molecule has 3 aliphatic rings. The first-order valence-corrected chi connectivity index (χ1v) is 8.16. The standard InChI is InChI=1S/C16H26N2O2/c1-11-14(19)17-13(12-7-4-3-5-8-12)15(20)18(11)16(2)9-6-10-16/h11-13H,3-10H2,1-2H3,(H,17,19). The highest BCUT2D eigenvalue weighted by molar-refractivity contribution is 5.97. The van der Waals surface area contributed by atoms with Crippen molar-refractivity contribution in [1.29, 1.82) is 0 Å². The molecule has 2 amide bonds. The number of nitrogens with one attached hydrogen (secondary N) is 1. The highest BCUT2D eigenvalue weighted by atomic mass is 16.2. The van der Waals surface area contributed by atoms with Crippen molar-refractivity contribution in [3.63, 3.8) is 0 Å². The van der Waals surface area contributed by atoms with Gasteiger partial charge < -0.3 is 10.2 Å². The molecule has 2 aliphatic carbocycles. The van der Waals surface area contributed by atoms with Crippen molar-refractivity contribution in [2.75, 3.05) is 0 Å². The van der Waals surface area contributed by atoms with E-state index in [2.05, 4.69) is 12.2 Å². The van der Waals surface area contributed by atoms with Crippen LogP contribution in [0.25, 0.3) is 0 Å². The van der Waals surface area contributed by atoms with E-state index in [-0.39, 0.29) is 29.4 Å². The van der Waals surface area contributed by atoms with Crippen LogP contribution in [0.3, 0.4) is 0 Å². The first kappa shape index (κ1) is 13.9. The minimum atomic E-state index is -0.312. The fourth-order valence-corrected chi connectivity index (χ4v) is 4.24. The van der Waals surface area contributed by atoms with Crippen molar-refractivity contribution in [3.05, 3.63) is 0 Å². The third-order valence-electron chi connectivity index (χ3n) is 5.70. The normalized spacial score (nSPS) is 34.6. The second-order valence-electron chi connectivity index (χ2n) is 7.12. The van der Waals surface area contributed by atoms with Gasteiger partial charge in [-0.15, -0.1) is 0 Å². The molecule has 4 heteroatoms. The Morgan fingerprint density at radius 3 is 2.30 bits per heavy atom. The van der Waals surface area contributed by atoms with Gasteiger partial charge in [0.25, 0.3) is 0 Å². The van der Waals surface area contributed by atoms with Gasteiger partial charge in [-0.05, 0) is 51.9 Å². The third-order valence-corrected chi connectivity index (χ3v) is 5.70. The van der Waals surface area contributed by atoms with Crippen LogP contribution in [-0.2, 0) is 9.59 Å². The fourth-order valence-electron chi connectivity index (χ4n) is 4.24. The number of amides is 2. The molecule has 0 aromatic heterocycles. The van der Waals surface area contributed by atoms with Gasteiger partial charge >= 0.3 is 0 Å². The Balaban J connectivity index is 1.82. The Labute approximate surface area is 121 Å². The molecular formula is C16H26N2O2. The predicted molar refractivity (Wildman–Crippen MR) is 77.1 cm³/mol. The van der Waals surface area contributed by atoms with Crippen molar-refractivity contribution in [2.45, 2.75) is 82.8 Å². The summed E-state index contributed by atoms with van der Waals surface area (Å²) in [5.74, 6) is 0.554. The molecule has 1 N–H and O–H groups in total. The van der Waals surface area contributed by atoms with E-state index in [0.29, 0.717) is 5.92 Å². The highest BCUT2D eigenvalue weighted by Gasteiger charge is 2.50. The van der Waals surface area contributed by atoms with Crippen LogP contribution in [0.4, 0.5) is 0 Å². The fraction of sp³-hybridized carbons (Fsp3) is 0.875. The number of hydrogen-bond acceptors (Lipinski definition) is 2. The Morgan fingerprint density at radius 1 is 1.10 bits per heavy atom. The monoisotopic (exact) mass is 278 g/mol. The summed E-state index contributed by atoms with van der Waals surface area (Å²) in [6.07, 6.45) is 9.05. The second-order valence-corrected chi connectivity index (χ2v) is 7.12. The van der Waals surface area contributed by atoms with E-state index in [1.807, 2.05) is 11.8 Å². The summed E-state index contributed by atoms with van der Waals surface area (Å²) in [7, 11) is 0. The van der Waals surface area contributed by atoms with Gasteiger partial charge in [0.1, 0.15) is 12.1 Å². The molecule has 0 radical (unpaired) electrons. The van der Waals surface area contributed by atoms with Gasteiger partial charge in [0.05, 0.1) is 0 Å². The second kappa shape index (κ2) is 5.05. The summed E-state index contributed by atoms with van der Waals surface area (Å²) in [6, 6.07) is -0.580. The van der Waals surface area contributed by atoms with Gasteiger partial charge in [-0.1, -0.05) is 19.3 Å². The highest BCUT2D eigenvalue weighted by Crippen LogP contribution is 2.41. The van der Waals surface area contributed by atoms with E-state index >= 15 is 0 Å². The number of carbonyl (C=O) groups is 2. The number of carbonyl (C=O) groups excluding carboxylic acids is 2. The van der Waals surface area contributed by atoms with Crippen LogP contribution in [0.5, 0.6) is 0 Å². The zero-order chi connectivity index (χ0) is 14.3. The van der Waals surface area contributed by atoms with Gasteiger partial charge in [0.15, 0.2) is 0 Å². The molecule has 3 rings (SSSR count). The maximum absolute atomic E-state index is 12.9. The molecule has 2 saturated carbocycles. The molecule has 1 saturated heterocycles. The molecule has 0 bridgehead atoms. The Hall–Kier alpha value is -1.06. The van der Waals surface area contributed by atoms with Crippen LogP contribution in [0.2, 0.25) is 0 Å². The van der Waals surface area contributed by atoms with E-state index in [0.717, 1.165) is 25.7 Å². The largest absolute Gasteiger partial charge is 0.342 e. The van der Waals surface area contributed by atoms with Crippen molar-refractivity contribution >= 4 is 11.8 Å². The number of hydrogen-bond donors (Lipinski definition) is 1. The Bertz CT molecular complexity index is 411. The Morgan fingerprint density at radius 2 is 1.75 bits per heavy atom. The molecule has 20 heavy (non-hydrogen) atoms. The minimum absolute atomic E-state index is 0.0355. The van der Waals surface area contributed by atoms with Gasteiger partial charge in [0, 0.05) is 5.54 Å². The topological polar surface area (TPSA) is 49.4 Å². The molecular weight excluding hydrogens is 252 g/mol. The SMILES string of the molecule is CC1C(=O)NC(C2CCCCC2)C(=O)N1C1(C)CCC1. The quantitative estimate of drug-likeness (QED) is 0.842. The summed E-state index contributed by atoms with van der Waals surface area (Å²) in [6.45, 7) is 4.01. The molecule has 1 heterocycles. The summed E-state index contributed by atoms with van der Waals surface area (Å²) in [4.78, 5) is 27.1. The zero-order valence-corrected chi connectivity index (χ0v) is 12.7. The molecule has 4 nitrogen and oxygen atoms in total. The Kier molecular flexibility index (Phi) is 3.51. The van der Waals surface area contributed by atoms with E-state index in [4.69, 9.17) is 0 Å². The van der Waals surface area contributed by atoms with Gasteiger partial charge in [-0.2, -0.15) is 0 Å². The number of rotatable bonds is 2. The van der Waals surface area contributed by atoms with Crippen molar-refractivity contribution in [1.82, 2.24) is 10.2 Å². The smallest absolute Gasteiger partial charge is 0.246 e. The predicted octanol–water partition coefficient (Wildman–Crippen LogP) is 2.22. The summed E-state index contributed by atoms with van der Waals surface area (Å²) >= 11 is 0. The van der Waals surface area contributed by atoms with Crippen LogP contribution < -0.4 is 5.32 Å². The summed E-state index contributed by atoms with van der Waals surface area (Å²) in [5, 5.41) is 3.01. The van der Waals surface area contributed by atoms with Gasteiger partial charge in [-0.25, -0.2) is 0 Å².